The van der Waals surface area contributed by atoms with Crippen LogP contribution in [0.4, 0.5) is 4.39 Å². The molecule has 0 fully saturated rings. The van der Waals surface area contributed by atoms with Crippen molar-refractivity contribution >= 4 is 34.8 Å². The summed E-state index contributed by atoms with van der Waals surface area (Å²) in [6.45, 7) is 1.57. The maximum atomic E-state index is 12.4. The van der Waals surface area contributed by atoms with Crippen molar-refractivity contribution in [2.75, 3.05) is 0 Å². The predicted molar refractivity (Wildman–Crippen MR) is 35.5 cm³/mol. The highest BCUT2D eigenvalue weighted by Crippen LogP contribution is 2.31. The lowest BCUT2D eigenvalue weighted by Crippen LogP contribution is -2.21. The molecule has 0 aromatic rings. The molecule has 0 N–H and O–H groups in total. The first-order valence-corrected chi connectivity index (χ1v) is 3.41. The zero-order valence-corrected chi connectivity index (χ0v) is 6.56. The van der Waals surface area contributed by atoms with Crippen LogP contribution >= 0.6 is 34.8 Å². The molecule has 0 nitrogen and oxygen atoms in total. The molecule has 0 saturated heterocycles. The fourth-order valence-corrected chi connectivity index (χ4v) is 0.463. The van der Waals surface area contributed by atoms with Crippen LogP contribution in [-0.2, 0) is 0 Å². The first-order valence-electron chi connectivity index (χ1n) is 2.16. The average molecular weight is 179 g/mol. The summed E-state index contributed by atoms with van der Waals surface area (Å²) in [6.07, 6.45) is 0.117. The molecule has 1 atom stereocenters. The van der Waals surface area contributed by atoms with Gasteiger partial charge in [0.05, 0.1) is 0 Å². The molecule has 0 spiro atoms. The van der Waals surface area contributed by atoms with Crippen molar-refractivity contribution in [2.24, 2.45) is 0 Å². The second-order valence-corrected chi connectivity index (χ2v) is 3.14. The summed E-state index contributed by atoms with van der Waals surface area (Å²) in [5.74, 6) is 0. The number of alkyl halides is 4. The molecule has 0 aliphatic rings. The minimum atomic E-state index is -1.96. The molecule has 0 rings (SSSR count). The van der Waals surface area contributed by atoms with Crippen molar-refractivity contribution in [3.8, 4) is 0 Å². The molecule has 0 aromatic heterocycles. The fourth-order valence-electron chi connectivity index (χ4n) is 0.154. The van der Waals surface area contributed by atoms with Crippen LogP contribution in [0.1, 0.15) is 13.3 Å². The van der Waals surface area contributed by atoms with Crippen molar-refractivity contribution in [1.29, 1.82) is 0 Å². The maximum Gasteiger partial charge on any atom is 0.213 e. The van der Waals surface area contributed by atoms with E-state index < -0.39 is 9.96 Å². The van der Waals surface area contributed by atoms with Gasteiger partial charge in [-0.15, -0.1) is 23.2 Å². The predicted octanol–water partition coefficient (Wildman–Crippen LogP) is 3.10. The number of hydrogen-bond acceptors (Lipinski definition) is 0. The zero-order chi connectivity index (χ0) is 6.78. The van der Waals surface area contributed by atoms with Crippen LogP contribution in [0.5, 0.6) is 0 Å². The topological polar surface area (TPSA) is 0 Å². The quantitative estimate of drug-likeness (QED) is 0.572. The van der Waals surface area contributed by atoms with Gasteiger partial charge in [0.15, 0.2) is 4.84 Å². The average Bonchev–Trinajstić information content (AvgIpc) is 1.67. The van der Waals surface area contributed by atoms with Crippen LogP contribution in [-0.4, -0.2) is 9.96 Å². The Hall–Kier alpha value is 0.800. The summed E-state index contributed by atoms with van der Waals surface area (Å²) in [6, 6.07) is 0. The second-order valence-electron chi connectivity index (χ2n) is 1.42. The highest BCUT2D eigenvalue weighted by molar-refractivity contribution is 6.49. The standard InChI is InChI=1S/C4H6Cl3F/c1-2-4(7,8)3(5)6/h3H,2H2,1H3. The minimum absolute atomic E-state index is 0.117. The van der Waals surface area contributed by atoms with Crippen LogP contribution in [0.2, 0.25) is 0 Å². The van der Waals surface area contributed by atoms with E-state index in [4.69, 9.17) is 34.8 Å². The molecular formula is C4H6Cl3F. The van der Waals surface area contributed by atoms with Crippen molar-refractivity contribution in [3.05, 3.63) is 0 Å². The van der Waals surface area contributed by atoms with Gasteiger partial charge in [0, 0.05) is 0 Å². The lowest BCUT2D eigenvalue weighted by molar-refractivity contribution is 0.288. The van der Waals surface area contributed by atoms with Gasteiger partial charge < -0.3 is 0 Å². The summed E-state index contributed by atoms with van der Waals surface area (Å²) in [4.78, 5) is -1.14. The van der Waals surface area contributed by atoms with Crippen LogP contribution in [0.25, 0.3) is 0 Å². The number of rotatable bonds is 2. The van der Waals surface area contributed by atoms with Crippen LogP contribution in [0, 0.1) is 0 Å². The van der Waals surface area contributed by atoms with E-state index in [1.54, 1.807) is 6.92 Å². The highest BCUT2D eigenvalue weighted by Gasteiger charge is 2.31. The first kappa shape index (κ1) is 8.80. The monoisotopic (exact) mass is 178 g/mol. The molecule has 0 aliphatic heterocycles. The third kappa shape index (κ3) is 2.38. The summed E-state index contributed by atoms with van der Waals surface area (Å²) in [7, 11) is 0. The molecular weight excluding hydrogens is 173 g/mol. The largest absolute Gasteiger partial charge is 0.223 e. The van der Waals surface area contributed by atoms with Gasteiger partial charge in [0.25, 0.3) is 0 Å². The molecule has 0 saturated carbocycles. The summed E-state index contributed by atoms with van der Waals surface area (Å²) >= 11 is 15.4. The van der Waals surface area contributed by atoms with Crippen LogP contribution in [0.3, 0.4) is 0 Å². The normalized spacial score (nSPS) is 18.8. The van der Waals surface area contributed by atoms with E-state index in [9.17, 15) is 4.39 Å². The Kier molecular flexibility index (Phi) is 3.40. The molecule has 4 heteroatoms. The van der Waals surface area contributed by atoms with E-state index >= 15 is 0 Å². The van der Waals surface area contributed by atoms with Gasteiger partial charge in [0.2, 0.25) is 5.13 Å². The van der Waals surface area contributed by atoms with E-state index in [-0.39, 0.29) is 6.42 Å². The Balaban J connectivity index is 3.71. The van der Waals surface area contributed by atoms with Gasteiger partial charge in [-0.25, -0.2) is 4.39 Å². The van der Waals surface area contributed by atoms with Gasteiger partial charge >= 0.3 is 0 Å². The van der Waals surface area contributed by atoms with Crippen molar-refractivity contribution in [2.45, 2.75) is 23.3 Å². The Morgan fingerprint density at radius 1 is 1.62 bits per heavy atom. The summed E-state index contributed by atoms with van der Waals surface area (Å²) < 4.78 is 12.4. The molecule has 0 radical (unpaired) electrons. The Bertz CT molecular complexity index is 71.7. The molecule has 1 unspecified atom stereocenters. The first-order chi connectivity index (χ1) is 3.50. The van der Waals surface area contributed by atoms with Crippen LogP contribution < -0.4 is 0 Å². The zero-order valence-electron chi connectivity index (χ0n) is 4.30. The van der Waals surface area contributed by atoms with E-state index in [2.05, 4.69) is 0 Å². The lowest BCUT2D eigenvalue weighted by Gasteiger charge is -2.15. The minimum Gasteiger partial charge on any atom is -0.223 e. The van der Waals surface area contributed by atoms with Crippen LogP contribution in [0.15, 0.2) is 0 Å². The third-order valence-electron chi connectivity index (χ3n) is 0.791. The van der Waals surface area contributed by atoms with Crippen molar-refractivity contribution in [1.82, 2.24) is 0 Å². The second kappa shape index (κ2) is 3.09. The number of halogens is 4. The fraction of sp³-hybridized carbons (Fsp3) is 1.00. The SMILES string of the molecule is CCC(F)(Cl)C(Cl)Cl. The van der Waals surface area contributed by atoms with Gasteiger partial charge in [-0.1, -0.05) is 18.5 Å². The molecule has 0 aliphatic carbocycles. The van der Waals surface area contributed by atoms with E-state index in [1.807, 2.05) is 0 Å². The molecule has 0 aromatic carbocycles. The van der Waals surface area contributed by atoms with E-state index in [1.165, 1.54) is 0 Å². The molecule has 0 bridgehead atoms. The lowest BCUT2D eigenvalue weighted by atomic mass is 10.3. The Labute approximate surface area is 62.9 Å². The number of hydrogen-bond donors (Lipinski definition) is 0. The Morgan fingerprint density at radius 3 is 2.00 bits per heavy atom. The van der Waals surface area contributed by atoms with Gasteiger partial charge in [-0.05, 0) is 6.42 Å². The van der Waals surface area contributed by atoms with Crippen molar-refractivity contribution in [3.63, 3.8) is 0 Å². The molecule has 50 valence electrons. The summed E-state index contributed by atoms with van der Waals surface area (Å²) in [5, 5.41) is -1.96. The highest BCUT2D eigenvalue weighted by atomic mass is 35.5. The maximum absolute atomic E-state index is 12.4. The van der Waals surface area contributed by atoms with Gasteiger partial charge in [0.1, 0.15) is 0 Å². The van der Waals surface area contributed by atoms with E-state index in [0.717, 1.165) is 0 Å². The smallest absolute Gasteiger partial charge is 0.213 e. The van der Waals surface area contributed by atoms with E-state index in [0.29, 0.717) is 0 Å². The summed E-state index contributed by atoms with van der Waals surface area (Å²) in [5.41, 5.74) is 0. The molecule has 0 heterocycles. The molecule has 0 amide bonds. The van der Waals surface area contributed by atoms with Crippen molar-refractivity contribution < 1.29 is 4.39 Å². The van der Waals surface area contributed by atoms with Gasteiger partial charge in [-0.3, -0.25) is 0 Å². The molecule has 8 heavy (non-hydrogen) atoms. The van der Waals surface area contributed by atoms with Gasteiger partial charge in [-0.2, -0.15) is 0 Å². The Morgan fingerprint density at radius 2 is 2.00 bits per heavy atom. The third-order valence-corrected chi connectivity index (χ3v) is 2.19.